The Balaban J connectivity index is 1.98. The van der Waals surface area contributed by atoms with Crippen molar-refractivity contribution in [1.82, 2.24) is 10.6 Å². The molecule has 2 fully saturated rings. The van der Waals surface area contributed by atoms with Gasteiger partial charge in [0.15, 0.2) is 0 Å². The molecule has 0 aromatic heterocycles. The number of aliphatic imine (C=N–C) groups is 1. The first kappa shape index (κ1) is 10.1. The van der Waals surface area contributed by atoms with Gasteiger partial charge in [-0.25, -0.2) is 4.99 Å². The van der Waals surface area contributed by atoms with E-state index in [4.69, 9.17) is 0 Å². The lowest BCUT2D eigenvalue weighted by Gasteiger charge is -2.23. The van der Waals surface area contributed by atoms with Gasteiger partial charge in [-0.15, -0.1) is 0 Å². The molecule has 0 aromatic rings. The number of nitrogens with one attached hydrogen (secondary N) is 2. The van der Waals surface area contributed by atoms with Crippen molar-refractivity contribution in [2.24, 2.45) is 10.9 Å². The predicted molar refractivity (Wildman–Crippen MR) is 55.1 cm³/mol. The summed E-state index contributed by atoms with van der Waals surface area (Å²) >= 11 is 0. The molecule has 1 saturated carbocycles. The smallest absolute Gasteiger partial charge is 0.288 e. The number of carbonyl (C=O) groups excluding carboxylic acids is 2. The highest BCUT2D eigenvalue weighted by atomic mass is 16.2. The molecule has 2 atom stereocenters. The van der Waals surface area contributed by atoms with Crippen LogP contribution < -0.4 is 10.6 Å². The van der Waals surface area contributed by atoms with Gasteiger partial charge in [0.1, 0.15) is 0 Å². The number of amides is 2. The van der Waals surface area contributed by atoms with Gasteiger partial charge in [-0.3, -0.25) is 20.2 Å². The van der Waals surface area contributed by atoms with Gasteiger partial charge >= 0.3 is 11.8 Å². The molecule has 2 N–H and O–H groups in total. The zero-order valence-electron chi connectivity index (χ0n) is 8.75. The van der Waals surface area contributed by atoms with E-state index in [-0.39, 0.29) is 6.04 Å². The second-order valence-corrected chi connectivity index (χ2v) is 4.31. The Kier molecular flexibility index (Phi) is 2.70. The molecule has 2 unspecified atom stereocenters. The first-order chi connectivity index (χ1) is 7.15. The maximum atomic E-state index is 10.9. The average Bonchev–Trinajstić information content (AvgIpc) is 2.45. The maximum Gasteiger partial charge on any atom is 0.316 e. The Morgan fingerprint density at radius 2 is 1.87 bits per heavy atom. The lowest BCUT2D eigenvalue weighted by molar-refractivity contribution is -0.135. The van der Waals surface area contributed by atoms with Crippen molar-refractivity contribution in [2.75, 3.05) is 0 Å². The molecule has 2 rings (SSSR count). The van der Waals surface area contributed by atoms with Gasteiger partial charge in [-0.2, -0.15) is 0 Å². The minimum absolute atomic E-state index is 0.238. The molecule has 0 radical (unpaired) electrons. The van der Waals surface area contributed by atoms with Crippen molar-refractivity contribution < 1.29 is 9.59 Å². The summed E-state index contributed by atoms with van der Waals surface area (Å²) in [4.78, 5) is 26.1. The Bertz CT molecular complexity index is 307. The third-order valence-corrected chi connectivity index (χ3v) is 2.89. The van der Waals surface area contributed by atoms with Gasteiger partial charge in [0.2, 0.25) is 5.96 Å². The second kappa shape index (κ2) is 4.00. The molecule has 15 heavy (non-hydrogen) atoms. The summed E-state index contributed by atoms with van der Waals surface area (Å²) in [6, 6.07) is 0.238. The van der Waals surface area contributed by atoms with E-state index in [1.54, 1.807) is 0 Å². The molecule has 5 heteroatoms. The molecule has 1 saturated heterocycles. The van der Waals surface area contributed by atoms with Crippen LogP contribution in [0.3, 0.4) is 0 Å². The molecule has 0 bridgehead atoms. The zero-order chi connectivity index (χ0) is 10.8. The molecule has 1 heterocycles. The molecule has 2 amide bonds. The van der Waals surface area contributed by atoms with Crippen LogP contribution in [0.4, 0.5) is 0 Å². The SMILES string of the molecule is CC1CCCC(N=C2NC(=O)C(=O)N2)C1. The van der Waals surface area contributed by atoms with Crippen LogP contribution >= 0.6 is 0 Å². The molecule has 2 aliphatic rings. The first-order valence-corrected chi connectivity index (χ1v) is 5.35. The minimum atomic E-state index is -0.613. The topological polar surface area (TPSA) is 70.6 Å². The molecule has 82 valence electrons. The summed E-state index contributed by atoms with van der Waals surface area (Å²) in [5.74, 6) is -0.222. The van der Waals surface area contributed by atoms with Gasteiger partial charge in [0.25, 0.3) is 0 Å². The third kappa shape index (κ3) is 2.34. The van der Waals surface area contributed by atoms with E-state index in [9.17, 15) is 9.59 Å². The molecule has 0 aromatic carbocycles. The van der Waals surface area contributed by atoms with Crippen molar-refractivity contribution in [1.29, 1.82) is 0 Å². The standard InChI is InChI=1S/C10H15N3O2/c1-6-3-2-4-7(5-6)11-10-12-8(14)9(15)13-10/h6-7H,2-5H2,1H3,(H2,11,12,13,14,15). The summed E-state index contributed by atoms with van der Waals surface area (Å²) in [5.41, 5.74) is 0. The van der Waals surface area contributed by atoms with E-state index >= 15 is 0 Å². The van der Waals surface area contributed by atoms with E-state index in [1.165, 1.54) is 12.8 Å². The van der Waals surface area contributed by atoms with Gasteiger partial charge < -0.3 is 0 Å². The fraction of sp³-hybridized carbons (Fsp3) is 0.700. The van der Waals surface area contributed by atoms with Crippen molar-refractivity contribution in [3.05, 3.63) is 0 Å². The number of carbonyl (C=O) groups is 2. The van der Waals surface area contributed by atoms with Gasteiger partial charge in [-0.1, -0.05) is 19.8 Å². The number of rotatable bonds is 1. The highest BCUT2D eigenvalue weighted by molar-refractivity contribution is 6.45. The summed E-state index contributed by atoms with van der Waals surface area (Å²) < 4.78 is 0. The quantitative estimate of drug-likeness (QED) is 0.604. The van der Waals surface area contributed by atoms with Crippen LogP contribution in [0.1, 0.15) is 32.6 Å². The normalized spacial score (nSPS) is 31.1. The number of hydrogen-bond donors (Lipinski definition) is 2. The van der Waals surface area contributed by atoms with Crippen molar-refractivity contribution in [2.45, 2.75) is 38.6 Å². The number of hydrogen-bond acceptors (Lipinski definition) is 3. The summed E-state index contributed by atoms with van der Waals surface area (Å²) in [6.45, 7) is 2.21. The van der Waals surface area contributed by atoms with E-state index in [0.29, 0.717) is 11.9 Å². The fourth-order valence-electron chi connectivity index (χ4n) is 2.13. The molecule has 1 aliphatic carbocycles. The molecule has 1 aliphatic heterocycles. The lowest BCUT2D eigenvalue weighted by Crippen LogP contribution is -2.29. The predicted octanol–water partition coefficient (Wildman–Crippen LogP) is 0.167. The van der Waals surface area contributed by atoms with Gasteiger partial charge in [0, 0.05) is 0 Å². The van der Waals surface area contributed by atoms with Crippen LogP contribution in [0.25, 0.3) is 0 Å². The Morgan fingerprint density at radius 3 is 2.47 bits per heavy atom. The second-order valence-electron chi connectivity index (χ2n) is 4.31. The number of guanidine groups is 1. The van der Waals surface area contributed by atoms with Crippen LogP contribution in [0.5, 0.6) is 0 Å². The van der Waals surface area contributed by atoms with Gasteiger partial charge in [0.05, 0.1) is 6.04 Å². The van der Waals surface area contributed by atoms with E-state index in [0.717, 1.165) is 12.8 Å². The van der Waals surface area contributed by atoms with Gasteiger partial charge in [-0.05, 0) is 18.8 Å². The van der Waals surface area contributed by atoms with Crippen LogP contribution in [-0.4, -0.2) is 23.8 Å². The summed E-state index contributed by atoms with van der Waals surface area (Å²) in [7, 11) is 0. The van der Waals surface area contributed by atoms with Crippen molar-refractivity contribution in [3.63, 3.8) is 0 Å². The lowest BCUT2D eigenvalue weighted by atomic mass is 9.87. The molecule has 5 nitrogen and oxygen atoms in total. The molecular formula is C10H15N3O2. The molecule has 0 spiro atoms. The van der Waals surface area contributed by atoms with Crippen LogP contribution in [-0.2, 0) is 9.59 Å². The monoisotopic (exact) mass is 209 g/mol. The van der Waals surface area contributed by atoms with Crippen molar-refractivity contribution in [3.8, 4) is 0 Å². The van der Waals surface area contributed by atoms with E-state index in [1.807, 2.05) is 0 Å². The Labute approximate surface area is 88.3 Å². The average molecular weight is 209 g/mol. The number of nitrogens with zero attached hydrogens (tertiary/aromatic N) is 1. The Hall–Kier alpha value is -1.39. The minimum Gasteiger partial charge on any atom is -0.288 e. The van der Waals surface area contributed by atoms with E-state index < -0.39 is 11.8 Å². The zero-order valence-corrected chi connectivity index (χ0v) is 8.75. The third-order valence-electron chi connectivity index (χ3n) is 2.89. The van der Waals surface area contributed by atoms with Crippen molar-refractivity contribution >= 4 is 17.8 Å². The highest BCUT2D eigenvalue weighted by Gasteiger charge is 2.27. The first-order valence-electron chi connectivity index (χ1n) is 5.35. The van der Waals surface area contributed by atoms with Crippen LogP contribution in [0, 0.1) is 5.92 Å². The van der Waals surface area contributed by atoms with E-state index in [2.05, 4.69) is 22.5 Å². The summed E-state index contributed by atoms with van der Waals surface area (Å²) in [5, 5.41) is 4.83. The molecular weight excluding hydrogens is 194 g/mol. The highest BCUT2D eigenvalue weighted by Crippen LogP contribution is 2.25. The largest absolute Gasteiger partial charge is 0.316 e. The fourth-order valence-corrected chi connectivity index (χ4v) is 2.13. The maximum absolute atomic E-state index is 10.9. The van der Waals surface area contributed by atoms with Crippen LogP contribution in [0.15, 0.2) is 4.99 Å². The van der Waals surface area contributed by atoms with Crippen LogP contribution in [0.2, 0.25) is 0 Å². The Morgan fingerprint density at radius 1 is 1.20 bits per heavy atom. The summed E-state index contributed by atoms with van der Waals surface area (Å²) in [6.07, 6.45) is 4.50.